The number of anilines is 1. The van der Waals surface area contributed by atoms with Crippen molar-refractivity contribution in [2.24, 2.45) is 0 Å². The maximum atomic E-state index is 5.39. The highest BCUT2D eigenvalue weighted by Crippen LogP contribution is 2.24. The van der Waals surface area contributed by atoms with E-state index in [-0.39, 0.29) is 0 Å². The van der Waals surface area contributed by atoms with Crippen LogP contribution in [0, 0.1) is 6.07 Å². The van der Waals surface area contributed by atoms with E-state index in [4.69, 9.17) is 9.72 Å². The van der Waals surface area contributed by atoms with Crippen molar-refractivity contribution in [1.82, 2.24) is 9.97 Å². The highest BCUT2D eigenvalue weighted by molar-refractivity contribution is 5.82. The molecule has 4 rings (SSSR count). The fraction of sp³-hybridized carbons (Fsp3) is 0.222. The number of hydrogen-bond acceptors (Lipinski definition) is 4. The van der Waals surface area contributed by atoms with Crippen LogP contribution in [0.15, 0.2) is 48.7 Å². The molecule has 1 aromatic heterocycles. The van der Waals surface area contributed by atoms with Gasteiger partial charge in [0.2, 0.25) is 0 Å². The molecule has 1 aliphatic rings. The van der Waals surface area contributed by atoms with Gasteiger partial charge in [0.1, 0.15) is 5.82 Å². The van der Waals surface area contributed by atoms with Crippen LogP contribution >= 0.6 is 0 Å². The molecule has 0 aliphatic carbocycles. The molecule has 0 bridgehead atoms. The Balaban J connectivity index is 1.74. The summed E-state index contributed by atoms with van der Waals surface area (Å²) in [7, 11) is 0. The van der Waals surface area contributed by atoms with Crippen molar-refractivity contribution in [3.63, 3.8) is 0 Å². The summed E-state index contributed by atoms with van der Waals surface area (Å²) < 4.78 is 5.39. The Labute approximate surface area is 129 Å². The van der Waals surface area contributed by atoms with Gasteiger partial charge in [-0.15, -0.1) is 0 Å². The van der Waals surface area contributed by atoms with Gasteiger partial charge in [0.25, 0.3) is 0 Å². The summed E-state index contributed by atoms with van der Waals surface area (Å²) in [4.78, 5) is 11.5. The van der Waals surface area contributed by atoms with Crippen LogP contribution in [0.5, 0.6) is 0 Å². The first-order valence-electron chi connectivity index (χ1n) is 7.46. The van der Waals surface area contributed by atoms with Crippen LogP contribution in [-0.4, -0.2) is 36.3 Å². The third-order valence-corrected chi connectivity index (χ3v) is 3.92. The molecule has 0 amide bonds. The zero-order chi connectivity index (χ0) is 14.8. The summed E-state index contributed by atoms with van der Waals surface area (Å²) in [6, 6.07) is 17.2. The van der Waals surface area contributed by atoms with E-state index in [0.717, 1.165) is 48.7 Å². The molecule has 3 aromatic rings. The Morgan fingerprint density at radius 1 is 0.955 bits per heavy atom. The van der Waals surface area contributed by atoms with Crippen LogP contribution < -0.4 is 4.90 Å². The molecule has 1 saturated heterocycles. The normalized spacial score (nSPS) is 15.2. The number of ether oxygens (including phenoxy) is 1. The lowest BCUT2D eigenvalue weighted by atomic mass is 10.1. The smallest absolute Gasteiger partial charge is 0.148 e. The predicted octanol–water partition coefficient (Wildman–Crippen LogP) is 2.93. The standard InChI is InChI=1S/C18H16N3O/c1-2-4-14(5-3-1)15-6-7-16-17(12-15)20-18(13-19-16)21-8-10-22-11-9-21/h2-7,12-13H,8-11H2. The molecule has 109 valence electrons. The molecule has 0 atom stereocenters. The number of benzene rings is 2. The molecular weight excluding hydrogens is 274 g/mol. The molecule has 2 aromatic carbocycles. The van der Waals surface area contributed by atoms with E-state index in [0.29, 0.717) is 0 Å². The van der Waals surface area contributed by atoms with Crippen LogP contribution in [0.4, 0.5) is 5.82 Å². The topological polar surface area (TPSA) is 38.2 Å². The Morgan fingerprint density at radius 3 is 2.59 bits per heavy atom. The minimum atomic E-state index is 0.750. The average molecular weight is 290 g/mol. The van der Waals surface area contributed by atoms with Gasteiger partial charge in [-0.2, -0.15) is 0 Å². The lowest BCUT2D eigenvalue weighted by Crippen LogP contribution is -2.36. The second-order valence-corrected chi connectivity index (χ2v) is 5.32. The minimum absolute atomic E-state index is 0.750. The number of nitrogens with zero attached hydrogens (tertiary/aromatic N) is 3. The maximum absolute atomic E-state index is 5.39. The van der Waals surface area contributed by atoms with E-state index in [2.05, 4.69) is 40.2 Å². The molecular formula is C18H16N3O. The first-order chi connectivity index (χ1) is 10.9. The van der Waals surface area contributed by atoms with Crippen LogP contribution in [0.2, 0.25) is 0 Å². The molecule has 1 aliphatic heterocycles. The highest BCUT2D eigenvalue weighted by atomic mass is 16.5. The fourth-order valence-electron chi connectivity index (χ4n) is 2.71. The molecule has 0 spiro atoms. The van der Waals surface area contributed by atoms with Crippen molar-refractivity contribution in [2.45, 2.75) is 0 Å². The molecule has 4 nitrogen and oxygen atoms in total. The number of morpholine rings is 1. The lowest BCUT2D eigenvalue weighted by Gasteiger charge is -2.27. The number of rotatable bonds is 2. The molecule has 1 fully saturated rings. The molecule has 0 unspecified atom stereocenters. The van der Waals surface area contributed by atoms with E-state index in [1.807, 2.05) is 24.4 Å². The van der Waals surface area contributed by atoms with Crippen molar-refractivity contribution in [3.05, 3.63) is 54.7 Å². The third-order valence-electron chi connectivity index (χ3n) is 3.92. The second-order valence-electron chi connectivity index (χ2n) is 5.32. The van der Waals surface area contributed by atoms with Gasteiger partial charge in [0, 0.05) is 13.1 Å². The van der Waals surface area contributed by atoms with Crippen LogP contribution in [-0.2, 0) is 4.74 Å². The molecule has 1 radical (unpaired) electrons. The zero-order valence-corrected chi connectivity index (χ0v) is 12.2. The minimum Gasteiger partial charge on any atom is -0.378 e. The van der Waals surface area contributed by atoms with Crippen LogP contribution in [0.3, 0.4) is 0 Å². The van der Waals surface area contributed by atoms with Crippen molar-refractivity contribution >= 4 is 16.9 Å². The largest absolute Gasteiger partial charge is 0.378 e. The average Bonchev–Trinajstić information content (AvgIpc) is 2.62. The molecule has 0 saturated carbocycles. The Morgan fingerprint density at radius 2 is 1.77 bits per heavy atom. The molecule has 22 heavy (non-hydrogen) atoms. The highest BCUT2D eigenvalue weighted by Gasteiger charge is 2.13. The van der Waals surface area contributed by atoms with Gasteiger partial charge < -0.3 is 9.64 Å². The van der Waals surface area contributed by atoms with E-state index in [1.165, 1.54) is 5.56 Å². The first kappa shape index (κ1) is 13.2. The lowest BCUT2D eigenvalue weighted by molar-refractivity contribution is 0.122. The van der Waals surface area contributed by atoms with E-state index >= 15 is 0 Å². The quantitative estimate of drug-likeness (QED) is 0.727. The van der Waals surface area contributed by atoms with Gasteiger partial charge in [0.15, 0.2) is 0 Å². The van der Waals surface area contributed by atoms with Crippen LogP contribution in [0.25, 0.3) is 22.2 Å². The number of aromatic nitrogens is 2. The summed E-state index contributed by atoms with van der Waals surface area (Å²) in [5.74, 6) is 0.925. The number of hydrogen-bond donors (Lipinski definition) is 0. The van der Waals surface area contributed by atoms with Gasteiger partial charge in [0.05, 0.1) is 30.4 Å². The molecule has 4 heteroatoms. The van der Waals surface area contributed by atoms with Gasteiger partial charge in [-0.05, 0) is 29.3 Å². The summed E-state index contributed by atoms with van der Waals surface area (Å²) in [5, 5.41) is 0. The Hall–Kier alpha value is -2.46. The fourth-order valence-corrected chi connectivity index (χ4v) is 2.71. The SMILES string of the molecule is [c]1ccc(-c2ccc3ncc(N4CCOCC4)nc3c2)cc1. The monoisotopic (exact) mass is 290 g/mol. The maximum Gasteiger partial charge on any atom is 0.148 e. The third kappa shape index (κ3) is 2.53. The second kappa shape index (κ2) is 5.73. The summed E-state index contributed by atoms with van der Waals surface area (Å²) in [6.45, 7) is 3.24. The molecule has 2 heterocycles. The van der Waals surface area contributed by atoms with Gasteiger partial charge in [-0.3, -0.25) is 4.98 Å². The van der Waals surface area contributed by atoms with E-state index in [1.54, 1.807) is 0 Å². The van der Waals surface area contributed by atoms with Crippen molar-refractivity contribution < 1.29 is 4.74 Å². The number of fused-ring (bicyclic) bond motifs is 1. The van der Waals surface area contributed by atoms with Gasteiger partial charge >= 0.3 is 0 Å². The summed E-state index contributed by atoms with van der Waals surface area (Å²) in [5.41, 5.74) is 4.16. The van der Waals surface area contributed by atoms with Gasteiger partial charge in [-0.1, -0.05) is 30.3 Å². The zero-order valence-electron chi connectivity index (χ0n) is 12.2. The van der Waals surface area contributed by atoms with Crippen LogP contribution in [0.1, 0.15) is 0 Å². The van der Waals surface area contributed by atoms with Gasteiger partial charge in [-0.25, -0.2) is 4.98 Å². The van der Waals surface area contributed by atoms with Crippen molar-refractivity contribution in [1.29, 1.82) is 0 Å². The summed E-state index contributed by atoms with van der Waals surface area (Å²) >= 11 is 0. The molecule has 0 N–H and O–H groups in total. The summed E-state index contributed by atoms with van der Waals surface area (Å²) in [6.07, 6.45) is 1.85. The Bertz CT molecular complexity index is 783. The van der Waals surface area contributed by atoms with Crippen molar-refractivity contribution in [3.8, 4) is 11.1 Å². The Kier molecular flexibility index (Phi) is 3.45. The van der Waals surface area contributed by atoms with Crippen molar-refractivity contribution in [2.75, 3.05) is 31.2 Å². The first-order valence-corrected chi connectivity index (χ1v) is 7.46. The van der Waals surface area contributed by atoms with E-state index in [9.17, 15) is 0 Å². The predicted molar refractivity (Wildman–Crippen MR) is 86.8 cm³/mol. The van der Waals surface area contributed by atoms with E-state index < -0.39 is 0 Å².